The normalized spacial score (nSPS) is 12.0. The highest BCUT2D eigenvalue weighted by molar-refractivity contribution is 5.80. The van der Waals surface area contributed by atoms with Gasteiger partial charge >= 0.3 is 0 Å². The van der Waals surface area contributed by atoms with E-state index in [1.807, 2.05) is 38.1 Å². The molecule has 0 spiro atoms. The molecular formula is C20H26N2O2. The standard InChI is InChI=1S/C20H26N2O2/c1-6-10-18-15(4)21-22(16(18)5)20(23)13-24-19-12-9-8-11-17(19)14(3)7-2/h6,8-9,11-12,14H,1,7,10,13H2,2-5H3. The van der Waals surface area contributed by atoms with E-state index in [2.05, 4.69) is 31.6 Å². The lowest BCUT2D eigenvalue weighted by Crippen LogP contribution is -2.22. The molecule has 1 heterocycles. The molecule has 0 aliphatic rings. The first-order valence-electron chi connectivity index (χ1n) is 8.40. The zero-order valence-electron chi connectivity index (χ0n) is 15.0. The molecule has 0 saturated carbocycles. The van der Waals surface area contributed by atoms with Crippen molar-refractivity contribution in [3.8, 4) is 5.75 Å². The highest BCUT2D eigenvalue weighted by atomic mass is 16.5. The molecule has 2 aromatic rings. The van der Waals surface area contributed by atoms with Crippen LogP contribution in [-0.2, 0) is 6.42 Å². The van der Waals surface area contributed by atoms with Gasteiger partial charge in [0.2, 0.25) is 0 Å². The van der Waals surface area contributed by atoms with Gasteiger partial charge in [-0.2, -0.15) is 5.10 Å². The molecular weight excluding hydrogens is 300 g/mol. The smallest absolute Gasteiger partial charge is 0.284 e. The van der Waals surface area contributed by atoms with Crippen LogP contribution in [0.1, 0.15) is 53.5 Å². The van der Waals surface area contributed by atoms with Crippen molar-refractivity contribution in [3.63, 3.8) is 0 Å². The topological polar surface area (TPSA) is 44.1 Å². The Morgan fingerprint density at radius 2 is 2.08 bits per heavy atom. The third-order valence-corrected chi connectivity index (χ3v) is 4.44. The Kier molecular flexibility index (Phi) is 5.96. The maximum Gasteiger partial charge on any atom is 0.284 e. The van der Waals surface area contributed by atoms with Crippen LogP contribution in [0.5, 0.6) is 5.75 Å². The lowest BCUT2D eigenvalue weighted by molar-refractivity contribution is 0.0817. The van der Waals surface area contributed by atoms with Crippen LogP contribution in [0.4, 0.5) is 0 Å². The van der Waals surface area contributed by atoms with Crippen molar-refractivity contribution in [1.82, 2.24) is 9.78 Å². The second-order valence-electron chi connectivity index (χ2n) is 6.08. The number of hydrogen-bond donors (Lipinski definition) is 0. The minimum absolute atomic E-state index is 0.0249. The molecule has 0 radical (unpaired) electrons. The number of aryl methyl sites for hydroxylation is 1. The summed E-state index contributed by atoms with van der Waals surface area (Å²) in [6.45, 7) is 11.9. The molecule has 4 nitrogen and oxygen atoms in total. The Balaban J connectivity index is 2.15. The number of para-hydroxylation sites is 1. The van der Waals surface area contributed by atoms with Crippen molar-refractivity contribution in [2.45, 2.75) is 46.5 Å². The molecule has 1 aromatic heterocycles. The fourth-order valence-corrected chi connectivity index (χ4v) is 2.80. The molecule has 1 atom stereocenters. The van der Waals surface area contributed by atoms with Crippen LogP contribution in [0.3, 0.4) is 0 Å². The van der Waals surface area contributed by atoms with Crippen LogP contribution in [0.25, 0.3) is 0 Å². The van der Waals surface area contributed by atoms with Crippen molar-refractivity contribution in [1.29, 1.82) is 0 Å². The van der Waals surface area contributed by atoms with Crippen molar-refractivity contribution < 1.29 is 9.53 Å². The Bertz CT molecular complexity index is 731. The molecule has 0 fully saturated rings. The minimum atomic E-state index is -0.162. The fraction of sp³-hybridized carbons (Fsp3) is 0.400. The molecule has 1 unspecified atom stereocenters. The second kappa shape index (κ2) is 7.95. The molecule has 0 saturated heterocycles. The van der Waals surface area contributed by atoms with Gasteiger partial charge in [-0.15, -0.1) is 6.58 Å². The molecule has 2 rings (SSSR count). The molecule has 0 aliphatic heterocycles. The summed E-state index contributed by atoms with van der Waals surface area (Å²) in [6.07, 6.45) is 3.56. The van der Waals surface area contributed by atoms with Crippen LogP contribution in [-0.4, -0.2) is 22.3 Å². The summed E-state index contributed by atoms with van der Waals surface area (Å²) in [5, 5.41) is 4.35. The molecule has 1 aromatic carbocycles. The van der Waals surface area contributed by atoms with Gasteiger partial charge < -0.3 is 4.74 Å². The summed E-state index contributed by atoms with van der Waals surface area (Å²) in [7, 11) is 0. The van der Waals surface area contributed by atoms with Crippen LogP contribution < -0.4 is 4.74 Å². The predicted octanol–water partition coefficient (Wildman–Crippen LogP) is 4.46. The summed E-state index contributed by atoms with van der Waals surface area (Å²) in [5.41, 5.74) is 3.91. The number of aromatic nitrogens is 2. The maximum atomic E-state index is 12.5. The third kappa shape index (κ3) is 3.75. The van der Waals surface area contributed by atoms with E-state index in [-0.39, 0.29) is 12.5 Å². The lowest BCUT2D eigenvalue weighted by Gasteiger charge is -2.15. The molecule has 0 N–H and O–H groups in total. The zero-order valence-corrected chi connectivity index (χ0v) is 15.0. The summed E-state index contributed by atoms with van der Waals surface area (Å²) in [5.74, 6) is 1.00. The molecule has 0 amide bonds. The van der Waals surface area contributed by atoms with Gasteiger partial charge in [-0.25, -0.2) is 4.68 Å². The minimum Gasteiger partial charge on any atom is -0.483 e. The fourth-order valence-electron chi connectivity index (χ4n) is 2.80. The predicted molar refractivity (Wildman–Crippen MR) is 96.9 cm³/mol. The van der Waals surface area contributed by atoms with E-state index in [0.717, 1.165) is 34.7 Å². The molecule has 0 aliphatic carbocycles. The zero-order chi connectivity index (χ0) is 17.7. The van der Waals surface area contributed by atoms with E-state index in [1.165, 1.54) is 4.68 Å². The molecule has 4 heteroatoms. The largest absolute Gasteiger partial charge is 0.483 e. The van der Waals surface area contributed by atoms with Crippen LogP contribution in [0.15, 0.2) is 36.9 Å². The number of allylic oxidation sites excluding steroid dienone is 1. The maximum absolute atomic E-state index is 12.5. The van der Waals surface area contributed by atoms with E-state index in [1.54, 1.807) is 0 Å². The average Bonchev–Trinajstić information content (AvgIpc) is 2.88. The number of rotatable bonds is 7. The van der Waals surface area contributed by atoms with Crippen LogP contribution >= 0.6 is 0 Å². The molecule has 24 heavy (non-hydrogen) atoms. The van der Waals surface area contributed by atoms with Crippen molar-refractivity contribution in [2.75, 3.05) is 6.61 Å². The number of benzene rings is 1. The van der Waals surface area contributed by atoms with Gasteiger partial charge in [0.15, 0.2) is 6.61 Å². The number of carbonyl (C=O) groups excluding carboxylic acids is 1. The first-order valence-corrected chi connectivity index (χ1v) is 8.40. The van der Waals surface area contributed by atoms with Gasteiger partial charge in [-0.3, -0.25) is 4.79 Å². The van der Waals surface area contributed by atoms with E-state index in [0.29, 0.717) is 12.3 Å². The third-order valence-electron chi connectivity index (χ3n) is 4.44. The van der Waals surface area contributed by atoms with Gasteiger partial charge in [0, 0.05) is 11.3 Å². The SMILES string of the molecule is C=CCc1c(C)nn(C(=O)COc2ccccc2C(C)CC)c1C. The van der Waals surface area contributed by atoms with Crippen molar-refractivity contribution in [3.05, 3.63) is 59.4 Å². The highest BCUT2D eigenvalue weighted by Crippen LogP contribution is 2.28. The number of nitrogens with zero attached hydrogens (tertiary/aromatic N) is 2. The number of ether oxygens (including phenoxy) is 1. The summed E-state index contributed by atoms with van der Waals surface area (Å²) >= 11 is 0. The van der Waals surface area contributed by atoms with Crippen molar-refractivity contribution >= 4 is 5.91 Å². The molecule has 0 bridgehead atoms. The highest BCUT2D eigenvalue weighted by Gasteiger charge is 2.17. The Hall–Kier alpha value is -2.36. The first-order chi connectivity index (χ1) is 11.5. The van der Waals surface area contributed by atoms with E-state index >= 15 is 0 Å². The van der Waals surface area contributed by atoms with E-state index in [9.17, 15) is 4.79 Å². The summed E-state index contributed by atoms with van der Waals surface area (Å²) in [4.78, 5) is 12.5. The summed E-state index contributed by atoms with van der Waals surface area (Å²) in [6, 6.07) is 7.90. The number of carbonyl (C=O) groups is 1. The van der Waals surface area contributed by atoms with Gasteiger partial charge in [0.1, 0.15) is 5.75 Å². The van der Waals surface area contributed by atoms with Gasteiger partial charge in [0.05, 0.1) is 5.69 Å². The van der Waals surface area contributed by atoms with Gasteiger partial charge in [0.25, 0.3) is 5.91 Å². The Morgan fingerprint density at radius 1 is 1.38 bits per heavy atom. The summed E-state index contributed by atoms with van der Waals surface area (Å²) < 4.78 is 7.25. The lowest BCUT2D eigenvalue weighted by atomic mass is 9.98. The number of hydrogen-bond acceptors (Lipinski definition) is 3. The average molecular weight is 326 g/mol. The second-order valence-corrected chi connectivity index (χ2v) is 6.08. The molecule has 128 valence electrons. The Labute approximate surface area is 144 Å². The Morgan fingerprint density at radius 3 is 2.75 bits per heavy atom. The first kappa shape index (κ1) is 18.0. The quantitative estimate of drug-likeness (QED) is 0.706. The van der Waals surface area contributed by atoms with Gasteiger partial charge in [-0.05, 0) is 44.2 Å². The van der Waals surface area contributed by atoms with E-state index < -0.39 is 0 Å². The van der Waals surface area contributed by atoms with Crippen LogP contribution in [0, 0.1) is 13.8 Å². The van der Waals surface area contributed by atoms with Crippen molar-refractivity contribution in [2.24, 2.45) is 0 Å². The monoisotopic (exact) mass is 326 g/mol. The van der Waals surface area contributed by atoms with E-state index in [4.69, 9.17) is 4.74 Å². The van der Waals surface area contributed by atoms with Gasteiger partial charge in [-0.1, -0.05) is 38.1 Å². The van der Waals surface area contributed by atoms with Crippen LogP contribution in [0.2, 0.25) is 0 Å².